The first-order valence-corrected chi connectivity index (χ1v) is 6.64. The Labute approximate surface area is 117 Å². The van der Waals surface area contributed by atoms with Crippen molar-refractivity contribution in [3.63, 3.8) is 0 Å². The third-order valence-corrected chi connectivity index (χ3v) is 3.12. The minimum absolute atomic E-state index is 0.0639. The summed E-state index contributed by atoms with van der Waals surface area (Å²) in [5, 5.41) is 8.16. The summed E-state index contributed by atoms with van der Waals surface area (Å²) in [4.78, 5) is 11.0. The van der Waals surface area contributed by atoms with Crippen molar-refractivity contribution in [3.05, 3.63) is 47.3 Å². The molecular weight excluding hydrogens is 254 g/mol. The van der Waals surface area contributed by atoms with Crippen LogP contribution < -0.4 is 11.5 Å². The summed E-state index contributed by atoms with van der Waals surface area (Å²) in [7, 11) is 0. The molecule has 1 atom stereocenters. The first kappa shape index (κ1) is 14.2. The summed E-state index contributed by atoms with van der Waals surface area (Å²) in [6.07, 6.45) is 3.77. The van der Waals surface area contributed by atoms with E-state index in [9.17, 15) is 4.79 Å². The summed E-state index contributed by atoms with van der Waals surface area (Å²) in [6, 6.07) is 7.06. The zero-order valence-corrected chi connectivity index (χ0v) is 11.5. The van der Waals surface area contributed by atoms with E-state index in [1.165, 1.54) is 0 Å². The van der Waals surface area contributed by atoms with Gasteiger partial charge in [0.25, 0.3) is 0 Å². The quantitative estimate of drug-likeness (QED) is 0.826. The smallest absolute Gasteiger partial charge is 0.248 e. The fourth-order valence-corrected chi connectivity index (χ4v) is 1.98. The molecule has 0 aliphatic carbocycles. The number of amides is 1. The molecule has 1 aromatic heterocycles. The lowest BCUT2D eigenvalue weighted by Gasteiger charge is -2.04. The molecule has 20 heavy (non-hydrogen) atoms. The fraction of sp³-hybridized carbons (Fsp3) is 0.357. The van der Waals surface area contributed by atoms with E-state index in [0.29, 0.717) is 12.1 Å². The van der Waals surface area contributed by atoms with Gasteiger partial charge in [-0.05, 0) is 24.1 Å². The average molecular weight is 273 g/mol. The van der Waals surface area contributed by atoms with Gasteiger partial charge in [-0.25, -0.2) is 4.68 Å². The Balaban J connectivity index is 2.04. The highest BCUT2D eigenvalue weighted by Gasteiger charge is 2.09. The van der Waals surface area contributed by atoms with Crippen LogP contribution in [0.15, 0.2) is 30.5 Å². The molecule has 106 valence electrons. The molecule has 0 aliphatic rings. The van der Waals surface area contributed by atoms with Crippen molar-refractivity contribution in [2.24, 2.45) is 11.5 Å². The molecule has 0 aliphatic heterocycles. The molecule has 1 unspecified atom stereocenters. The lowest BCUT2D eigenvalue weighted by Crippen LogP contribution is -2.11. The van der Waals surface area contributed by atoms with Crippen LogP contribution in [-0.4, -0.2) is 20.9 Å². The van der Waals surface area contributed by atoms with E-state index in [1.807, 2.05) is 18.3 Å². The van der Waals surface area contributed by atoms with Crippen molar-refractivity contribution in [1.82, 2.24) is 15.0 Å². The molecule has 0 radical (unpaired) electrons. The van der Waals surface area contributed by atoms with Crippen LogP contribution in [0.4, 0.5) is 0 Å². The molecule has 0 spiro atoms. The second-order valence-corrected chi connectivity index (χ2v) is 4.80. The highest BCUT2D eigenvalue weighted by atomic mass is 16.1. The van der Waals surface area contributed by atoms with Crippen LogP contribution in [-0.2, 0) is 6.54 Å². The number of benzene rings is 1. The van der Waals surface area contributed by atoms with Crippen LogP contribution >= 0.6 is 0 Å². The first-order chi connectivity index (χ1) is 9.60. The SMILES string of the molecule is CCCC(N)c1cn(Cc2ccc(C(N)=O)cc2)nn1. The van der Waals surface area contributed by atoms with Crippen LogP contribution in [0.1, 0.15) is 47.4 Å². The largest absolute Gasteiger partial charge is 0.366 e. The minimum Gasteiger partial charge on any atom is -0.366 e. The predicted octanol–water partition coefficient (Wildman–Crippen LogP) is 1.23. The normalized spacial score (nSPS) is 12.3. The van der Waals surface area contributed by atoms with E-state index in [2.05, 4.69) is 17.2 Å². The fourth-order valence-electron chi connectivity index (χ4n) is 1.98. The molecule has 0 fully saturated rings. The van der Waals surface area contributed by atoms with Gasteiger partial charge < -0.3 is 11.5 Å². The van der Waals surface area contributed by atoms with Crippen LogP contribution in [0.3, 0.4) is 0 Å². The lowest BCUT2D eigenvalue weighted by atomic mass is 10.1. The van der Waals surface area contributed by atoms with E-state index in [0.717, 1.165) is 24.1 Å². The molecule has 0 saturated heterocycles. The van der Waals surface area contributed by atoms with Crippen molar-refractivity contribution in [2.45, 2.75) is 32.4 Å². The number of hydrogen-bond acceptors (Lipinski definition) is 4. The molecule has 1 amide bonds. The number of nitrogens with two attached hydrogens (primary N) is 2. The van der Waals surface area contributed by atoms with Gasteiger partial charge in [-0.1, -0.05) is 30.7 Å². The van der Waals surface area contributed by atoms with Gasteiger partial charge in [-0.2, -0.15) is 0 Å². The van der Waals surface area contributed by atoms with Crippen LogP contribution in [0.5, 0.6) is 0 Å². The van der Waals surface area contributed by atoms with Crippen LogP contribution in [0.2, 0.25) is 0 Å². The Morgan fingerprint density at radius 2 is 2.05 bits per heavy atom. The molecule has 6 nitrogen and oxygen atoms in total. The number of hydrogen-bond donors (Lipinski definition) is 2. The maximum absolute atomic E-state index is 11.0. The minimum atomic E-state index is -0.426. The van der Waals surface area contributed by atoms with E-state index in [1.54, 1.807) is 16.8 Å². The molecule has 1 heterocycles. The van der Waals surface area contributed by atoms with Gasteiger partial charge in [0.15, 0.2) is 0 Å². The summed E-state index contributed by atoms with van der Waals surface area (Å²) in [5.41, 5.74) is 13.5. The summed E-state index contributed by atoms with van der Waals surface area (Å²) in [5.74, 6) is -0.426. The molecule has 0 saturated carbocycles. The Kier molecular flexibility index (Phi) is 4.47. The zero-order valence-electron chi connectivity index (χ0n) is 11.5. The van der Waals surface area contributed by atoms with Crippen molar-refractivity contribution in [1.29, 1.82) is 0 Å². The Bertz CT molecular complexity index is 576. The van der Waals surface area contributed by atoms with E-state index in [4.69, 9.17) is 11.5 Å². The maximum atomic E-state index is 11.0. The number of nitrogens with zero attached hydrogens (tertiary/aromatic N) is 3. The van der Waals surface area contributed by atoms with E-state index in [-0.39, 0.29) is 6.04 Å². The van der Waals surface area contributed by atoms with Gasteiger partial charge >= 0.3 is 0 Å². The molecule has 1 aromatic carbocycles. The maximum Gasteiger partial charge on any atom is 0.248 e. The Morgan fingerprint density at radius 3 is 2.65 bits per heavy atom. The molecule has 0 bridgehead atoms. The summed E-state index contributed by atoms with van der Waals surface area (Å²) in [6.45, 7) is 2.68. The van der Waals surface area contributed by atoms with E-state index < -0.39 is 5.91 Å². The van der Waals surface area contributed by atoms with Crippen molar-refractivity contribution >= 4 is 5.91 Å². The molecule has 2 rings (SSSR count). The number of aromatic nitrogens is 3. The topological polar surface area (TPSA) is 99.8 Å². The van der Waals surface area contributed by atoms with Gasteiger partial charge in [0.1, 0.15) is 0 Å². The molecule has 4 N–H and O–H groups in total. The highest BCUT2D eigenvalue weighted by Crippen LogP contribution is 2.13. The number of carbonyl (C=O) groups excluding carboxylic acids is 1. The molecule has 6 heteroatoms. The zero-order chi connectivity index (χ0) is 14.5. The molecule has 2 aromatic rings. The predicted molar refractivity (Wildman–Crippen MR) is 75.9 cm³/mol. The molecular formula is C14H19N5O. The number of primary amides is 1. The van der Waals surface area contributed by atoms with Crippen LogP contribution in [0.25, 0.3) is 0 Å². The van der Waals surface area contributed by atoms with Gasteiger partial charge in [0, 0.05) is 5.56 Å². The van der Waals surface area contributed by atoms with Gasteiger partial charge in [-0.15, -0.1) is 5.10 Å². The average Bonchev–Trinajstić information content (AvgIpc) is 2.88. The van der Waals surface area contributed by atoms with E-state index >= 15 is 0 Å². The Morgan fingerprint density at radius 1 is 1.35 bits per heavy atom. The van der Waals surface area contributed by atoms with Crippen LogP contribution in [0, 0.1) is 0 Å². The Hall–Kier alpha value is -2.21. The number of carbonyl (C=O) groups is 1. The third-order valence-electron chi connectivity index (χ3n) is 3.12. The summed E-state index contributed by atoms with van der Waals surface area (Å²) >= 11 is 0. The standard InChI is InChI=1S/C14H19N5O/c1-2-3-12(15)13-9-19(18-17-13)8-10-4-6-11(7-5-10)14(16)20/h4-7,9,12H,2-3,8,15H2,1H3,(H2,16,20). The third kappa shape index (κ3) is 3.42. The van der Waals surface area contributed by atoms with Gasteiger partial charge in [0.2, 0.25) is 5.91 Å². The lowest BCUT2D eigenvalue weighted by molar-refractivity contribution is 0.100. The highest BCUT2D eigenvalue weighted by molar-refractivity contribution is 5.92. The van der Waals surface area contributed by atoms with Crippen molar-refractivity contribution < 1.29 is 4.79 Å². The van der Waals surface area contributed by atoms with Gasteiger partial charge in [-0.3, -0.25) is 4.79 Å². The monoisotopic (exact) mass is 273 g/mol. The van der Waals surface area contributed by atoms with Crippen molar-refractivity contribution in [2.75, 3.05) is 0 Å². The van der Waals surface area contributed by atoms with Gasteiger partial charge in [0.05, 0.1) is 24.5 Å². The second-order valence-electron chi connectivity index (χ2n) is 4.80. The number of rotatable bonds is 6. The first-order valence-electron chi connectivity index (χ1n) is 6.64. The summed E-state index contributed by atoms with van der Waals surface area (Å²) < 4.78 is 1.74. The second kappa shape index (κ2) is 6.29. The van der Waals surface area contributed by atoms with Crippen molar-refractivity contribution in [3.8, 4) is 0 Å².